The number of nitrogens with zero attached hydrogens (tertiary/aromatic N) is 3. The number of carbonyl (C=O) groups is 1. The summed E-state index contributed by atoms with van der Waals surface area (Å²) in [4.78, 5) is 11.2. The van der Waals surface area contributed by atoms with E-state index in [1.807, 2.05) is 0 Å². The Kier molecular flexibility index (Phi) is 3.17. The molecule has 0 radical (unpaired) electrons. The Balaban J connectivity index is 2.34. The lowest BCUT2D eigenvalue weighted by Crippen LogP contribution is -2.04. The first kappa shape index (κ1) is 13.6. The van der Waals surface area contributed by atoms with Gasteiger partial charge in [0.1, 0.15) is 0 Å². The fourth-order valence-electron chi connectivity index (χ4n) is 1.96. The summed E-state index contributed by atoms with van der Waals surface area (Å²) in [5, 5.41) is 16.9. The molecule has 3 aromatic rings. The van der Waals surface area contributed by atoms with E-state index in [4.69, 9.17) is 5.11 Å². The van der Waals surface area contributed by atoms with Crippen LogP contribution in [0.3, 0.4) is 0 Å². The molecule has 1 aromatic carbocycles. The van der Waals surface area contributed by atoms with E-state index in [1.54, 1.807) is 18.3 Å². The van der Waals surface area contributed by atoms with Crippen LogP contribution in [0.1, 0.15) is 10.4 Å². The first-order valence-electron chi connectivity index (χ1n) is 5.70. The van der Waals surface area contributed by atoms with Crippen LogP contribution in [-0.2, 0) is 0 Å². The van der Waals surface area contributed by atoms with E-state index in [2.05, 4.69) is 26.1 Å². The van der Waals surface area contributed by atoms with Crippen LogP contribution < -0.4 is 0 Å². The highest BCUT2D eigenvalue weighted by molar-refractivity contribution is 9.10. The summed E-state index contributed by atoms with van der Waals surface area (Å²) in [6.07, 6.45) is 1.61. The van der Waals surface area contributed by atoms with Gasteiger partial charge in [0, 0.05) is 16.2 Å². The van der Waals surface area contributed by atoms with E-state index in [0.29, 0.717) is 16.2 Å². The van der Waals surface area contributed by atoms with Crippen molar-refractivity contribution in [2.45, 2.75) is 0 Å². The first-order chi connectivity index (χ1) is 9.97. The van der Waals surface area contributed by atoms with Gasteiger partial charge in [-0.2, -0.15) is 0 Å². The van der Waals surface area contributed by atoms with Crippen molar-refractivity contribution in [2.75, 3.05) is 0 Å². The zero-order chi connectivity index (χ0) is 15.1. The summed E-state index contributed by atoms with van der Waals surface area (Å²) in [6, 6.07) is 4.82. The Labute approximate surface area is 125 Å². The Bertz CT molecular complexity index is 879. The maximum absolute atomic E-state index is 13.5. The SMILES string of the molecule is O=C(O)c1cc(F)c(F)cc1-c1nnc2ccc(Br)cn12. The maximum Gasteiger partial charge on any atom is 0.336 e. The molecule has 106 valence electrons. The van der Waals surface area contributed by atoms with Crippen LogP contribution in [0.25, 0.3) is 17.0 Å². The monoisotopic (exact) mass is 353 g/mol. The number of hydrogen-bond acceptors (Lipinski definition) is 3. The summed E-state index contributed by atoms with van der Waals surface area (Å²) in [5.41, 5.74) is 0.0180. The number of hydrogen-bond donors (Lipinski definition) is 1. The number of pyridine rings is 1. The molecule has 0 saturated heterocycles. The smallest absolute Gasteiger partial charge is 0.336 e. The summed E-state index contributed by atoms with van der Waals surface area (Å²) in [6.45, 7) is 0. The summed E-state index contributed by atoms with van der Waals surface area (Å²) in [7, 11) is 0. The molecule has 0 saturated carbocycles. The Morgan fingerprint density at radius 1 is 1.19 bits per heavy atom. The van der Waals surface area contributed by atoms with Crippen molar-refractivity contribution in [1.82, 2.24) is 14.6 Å². The molecule has 0 bridgehead atoms. The highest BCUT2D eigenvalue weighted by Gasteiger charge is 2.20. The number of rotatable bonds is 2. The molecule has 0 aliphatic heterocycles. The molecule has 0 fully saturated rings. The molecule has 5 nitrogen and oxygen atoms in total. The fourth-order valence-corrected chi connectivity index (χ4v) is 2.29. The average Bonchev–Trinajstić information content (AvgIpc) is 2.84. The van der Waals surface area contributed by atoms with E-state index in [1.165, 1.54) is 4.40 Å². The van der Waals surface area contributed by atoms with E-state index in [9.17, 15) is 13.6 Å². The number of aromatic nitrogens is 3. The first-order valence-corrected chi connectivity index (χ1v) is 6.49. The fraction of sp³-hybridized carbons (Fsp3) is 0. The van der Waals surface area contributed by atoms with Gasteiger partial charge >= 0.3 is 5.97 Å². The van der Waals surface area contributed by atoms with Gasteiger partial charge in [-0.05, 0) is 40.2 Å². The van der Waals surface area contributed by atoms with Crippen LogP contribution in [0.4, 0.5) is 8.78 Å². The number of aromatic carboxylic acids is 1. The van der Waals surface area contributed by atoms with Gasteiger partial charge in [-0.1, -0.05) is 0 Å². The van der Waals surface area contributed by atoms with Crippen molar-refractivity contribution >= 4 is 27.5 Å². The minimum Gasteiger partial charge on any atom is -0.478 e. The van der Waals surface area contributed by atoms with E-state index in [0.717, 1.165) is 6.07 Å². The lowest BCUT2D eigenvalue weighted by Gasteiger charge is -2.06. The summed E-state index contributed by atoms with van der Waals surface area (Å²) >= 11 is 3.27. The van der Waals surface area contributed by atoms with Gasteiger partial charge in [-0.15, -0.1) is 10.2 Å². The van der Waals surface area contributed by atoms with Crippen molar-refractivity contribution < 1.29 is 18.7 Å². The van der Waals surface area contributed by atoms with Gasteiger partial charge in [0.25, 0.3) is 0 Å². The van der Waals surface area contributed by atoms with Gasteiger partial charge in [0.2, 0.25) is 0 Å². The van der Waals surface area contributed by atoms with Crippen LogP contribution >= 0.6 is 15.9 Å². The van der Waals surface area contributed by atoms with Gasteiger partial charge in [0.05, 0.1) is 5.56 Å². The van der Waals surface area contributed by atoms with Crippen molar-refractivity contribution in [1.29, 1.82) is 0 Å². The van der Waals surface area contributed by atoms with E-state index in [-0.39, 0.29) is 17.0 Å². The normalized spacial score (nSPS) is 11.0. The number of carboxylic acids is 1. The maximum atomic E-state index is 13.5. The Hall–Kier alpha value is -2.35. The molecular weight excluding hydrogens is 348 g/mol. The zero-order valence-corrected chi connectivity index (χ0v) is 11.8. The quantitative estimate of drug-likeness (QED) is 0.768. The Morgan fingerprint density at radius 3 is 2.62 bits per heavy atom. The number of halogens is 3. The topological polar surface area (TPSA) is 67.5 Å². The molecule has 3 rings (SSSR count). The molecule has 0 aliphatic rings. The molecule has 0 atom stereocenters. The molecule has 2 heterocycles. The predicted molar refractivity (Wildman–Crippen MR) is 73.0 cm³/mol. The lowest BCUT2D eigenvalue weighted by atomic mass is 10.1. The van der Waals surface area contributed by atoms with Crippen molar-refractivity contribution in [3.05, 3.63) is 52.1 Å². The zero-order valence-electron chi connectivity index (χ0n) is 10.2. The molecule has 2 aromatic heterocycles. The molecule has 21 heavy (non-hydrogen) atoms. The van der Waals surface area contributed by atoms with Crippen LogP contribution in [0.15, 0.2) is 34.9 Å². The van der Waals surface area contributed by atoms with E-state index >= 15 is 0 Å². The van der Waals surface area contributed by atoms with Gasteiger partial charge in [-0.3, -0.25) is 4.40 Å². The largest absolute Gasteiger partial charge is 0.478 e. The van der Waals surface area contributed by atoms with E-state index < -0.39 is 17.6 Å². The van der Waals surface area contributed by atoms with Crippen molar-refractivity contribution in [3.8, 4) is 11.4 Å². The number of carboxylic acid groups (broad SMARTS) is 1. The summed E-state index contributed by atoms with van der Waals surface area (Å²) in [5.74, 6) is -3.65. The molecule has 0 amide bonds. The van der Waals surface area contributed by atoms with Crippen molar-refractivity contribution in [3.63, 3.8) is 0 Å². The van der Waals surface area contributed by atoms with Crippen molar-refractivity contribution in [2.24, 2.45) is 0 Å². The third kappa shape index (κ3) is 2.27. The third-order valence-corrected chi connectivity index (χ3v) is 3.37. The second-order valence-electron chi connectivity index (χ2n) is 4.22. The molecule has 0 spiro atoms. The van der Waals surface area contributed by atoms with Crippen LogP contribution in [0, 0.1) is 11.6 Å². The van der Waals surface area contributed by atoms with Gasteiger partial charge in [0.15, 0.2) is 23.1 Å². The highest BCUT2D eigenvalue weighted by atomic mass is 79.9. The molecule has 8 heteroatoms. The Morgan fingerprint density at radius 2 is 1.90 bits per heavy atom. The minimum atomic E-state index is -1.38. The molecule has 0 unspecified atom stereocenters. The van der Waals surface area contributed by atoms with Crippen LogP contribution in [0.2, 0.25) is 0 Å². The van der Waals surface area contributed by atoms with Gasteiger partial charge < -0.3 is 5.11 Å². The number of fused-ring (bicyclic) bond motifs is 1. The molecule has 1 N–H and O–H groups in total. The molecular formula is C13H6BrF2N3O2. The second kappa shape index (κ2) is 4.88. The number of benzene rings is 1. The summed E-state index contributed by atoms with van der Waals surface area (Å²) < 4.78 is 28.9. The average molecular weight is 354 g/mol. The highest BCUT2D eigenvalue weighted by Crippen LogP contribution is 2.26. The van der Waals surface area contributed by atoms with Crippen LogP contribution in [0.5, 0.6) is 0 Å². The standard InChI is InChI=1S/C13H6BrF2N3O2/c14-6-1-2-11-17-18-12(19(11)5-6)7-3-9(15)10(16)4-8(7)13(20)21/h1-5H,(H,20,21). The third-order valence-electron chi connectivity index (χ3n) is 2.90. The van der Waals surface area contributed by atoms with Crippen LogP contribution in [-0.4, -0.2) is 25.7 Å². The molecule has 0 aliphatic carbocycles. The lowest BCUT2D eigenvalue weighted by molar-refractivity contribution is 0.0697. The predicted octanol–water partition coefficient (Wildman–Crippen LogP) is 3.14. The second-order valence-corrected chi connectivity index (χ2v) is 5.13. The van der Waals surface area contributed by atoms with Gasteiger partial charge in [-0.25, -0.2) is 13.6 Å². The minimum absolute atomic E-state index is 0.0491.